The fourth-order valence-corrected chi connectivity index (χ4v) is 13.2. The second-order valence-corrected chi connectivity index (χ2v) is 19.5. The van der Waals surface area contributed by atoms with Crippen LogP contribution in [0, 0.1) is 0 Å². The van der Waals surface area contributed by atoms with Gasteiger partial charge in [-0.3, -0.25) is 0 Å². The van der Waals surface area contributed by atoms with Crippen molar-refractivity contribution in [3.63, 3.8) is 0 Å². The Morgan fingerprint density at radius 1 is 0.225 bits per heavy atom. The lowest BCUT2D eigenvalue weighted by atomic mass is 9.68. The summed E-state index contributed by atoms with van der Waals surface area (Å²) in [6.07, 6.45) is 0. The van der Waals surface area contributed by atoms with Gasteiger partial charge in [-0.2, -0.15) is 0 Å². The van der Waals surface area contributed by atoms with Crippen molar-refractivity contribution in [3.8, 4) is 44.5 Å². The average Bonchev–Trinajstić information content (AvgIpc) is 4.04. The van der Waals surface area contributed by atoms with E-state index in [1.807, 2.05) is 0 Å². The molecule has 0 fully saturated rings. The lowest BCUT2D eigenvalue weighted by Gasteiger charge is -2.34. The molecule has 0 N–H and O–H groups in total. The Bertz CT molecular complexity index is 4010. The third kappa shape index (κ3) is 5.52. The van der Waals surface area contributed by atoms with Crippen molar-refractivity contribution in [1.29, 1.82) is 0 Å². The monoisotopic (exact) mass is 899 g/mol. The summed E-state index contributed by atoms with van der Waals surface area (Å²) in [5, 5.41) is 5.06. The Balaban J connectivity index is 0.957. The van der Waals surface area contributed by atoms with Crippen LogP contribution in [0.25, 0.3) is 66.1 Å². The summed E-state index contributed by atoms with van der Waals surface area (Å²) < 4.78 is 0. The summed E-state index contributed by atoms with van der Waals surface area (Å²) in [5.74, 6) is 0. The second-order valence-electron chi connectivity index (χ2n) is 19.5. The van der Waals surface area contributed by atoms with Gasteiger partial charge in [-0.05, 0) is 153 Å². The molecule has 12 aromatic rings. The molecule has 0 saturated heterocycles. The molecule has 0 amide bonds. The molecule has 1 spiro atoms. The molecule has 3 aliphatic rings. The Hall–Kier alpha value is -9.04. The first-order valence-electron chi connectivity index (χ1n) is 24.8. The maximum Gasteiger partial charge on any atom is 0.0726 e. The fourth-order valence-electron chi connectivity index (χ4n) is 13.2. The highest BCUT2D eigenvalue weighted by molar-refractivity contribution is 6.09. The highest BCUT2D eigenvalue weighted by Crippen LogP contribution is 2.64. The molecule has 0 atom stereocenters. The molecule has 1 nitrogen and oxygen atoms in total. The molecule has 0 heterocycles. The van der Waals surface area contributed by atoms with Gasteiger partial charge in [0.15, 0.2) is 0 Å². The number of hydrogen-bond acceptors (Lipinski definition) is 1. The molecule has 0 radical (unpaired) electrons. The van der Waals surface area contributed by atoms with Crippen molar-refractivity contribution in [3.05, 3.63) is 317 Å². The SMILES string of the molecule is c1ccc(C2(c3ccccc3)c3ccccc3-c3cc(N(c4ccc(-c5ccc6ccc7ccccc7c6c5)cc4)c4ccc5c(c4)C4(c6ccccc6-c6ccccc64)c4ccccc4-5)ccc32)cc1. The van der Waals surface area contributed by atoms with Gasteiger partial charge in [-0.25, -0.2) is 0 Å². The van der Waals surface area contributed by atoms with Gasteiger partial charge in [-0.1, -0.05) is 231 Å². The summed E-state index contributed by atoms with van der Waals surface area (Å²) >= 11 is 0. The molecule has 0 unspecified atom stereocenters. The standard InChI is InChI=1S/C70H45N/c1-3-18-50(19-4-1)69(51-20-5-2-6-21-51)63-27-13-12-26-59(63)62-44-53(40-42-67(62)69)71(52-37-35-46(36-38-52)49-34-33-48-32-31-47-17-7-8-22-55(47)61(48)43-49)54-39-41-60-58-25-11-16-30-66(58)70(68(60)45-54)64-28-14-9-23-56(64)57-24-10-15-29-65(57)70/h1-45H. The maximum absolute atomic E-state index is 2.51. The van der Waals surface area contributed by atoms with E-state index in [-0.39, 0.29) is 0 Å². The van der Waals surface area contributed by atoms with E-state index in [4.69, 9.17) is 0 Å². The van der Waals surface area contributed by atoms with Gasteiger partial charge in [0.1, 0.15) is 0 Å². The van der Waals surface area contributed by atoms with Crippen molar-refractivity contribution in [2.45, 2.75) is 10.8 Å². The van der Waals surface area contributed by atoms with Gasteiger partial charge in [0.25, 0.3) is 0 Å². The minimum absolute atomic E-state index is 0.466. The molecule has 71 heavy (non-hydrogen) atoms. The average molecular weight is 900 g/mol. The van der Waals surface area contributed by atoms with Gasteiger partial charge in [0.05, 0.1) is 10.8 Å². The van der Waals surface area contributed by atoms with E-state index < -0.39 is 10.8 Å². The topological polar surface area (TPSA) is 3.24 Å². The summed E-state index contributed by atoms with van der Waals surface area (Å²) in [6, 6.07) is 102. The normalized spacial score (nSPS) is 13.9. The molecular formula is C70H45N. The van der Waals surface area contributed by atoms with Gasteiger partial charge in [0, 0.05) is 17.1 Å². The van der Waals surface area contributed by atoms with Crippen LogP contribution < -0.4 is 4.90 Å². The van der Waals surface area contributed by atoms with E-state index in [0.29, 0.717) is 0 Å². The van der Waals surface area contributed by atoms with Crippen LogP contribution in [0.1, 0.15) is 44.5 Å². The van der Waals surface area contributed by atoms with Crippen LogP contribution in [0.2, 0.25) is 0 Å². The van der Waals surface area contributed by atoms with E-state index in [1.165, 1.54) is 111 Å². The number of fused-ring (bicyclic) bond motifs is 16. The van der Waals surface area contributed by atoms with Crippen LogP contribution in [0.3, 0.4) is 0 Å². The number of hydrogen-bond donors (Lipinski definition) is 0. The lowest BCUT2D eigenvalue weighted by molar-refractivity contribution is 0.768. The molecule has 0 saturated carbocycles. The first-order valence-corrected chi connectivity index (χ1v) is 24.8. The molecule has 3 aliphatic carbocycles. The Morgan fingerprint density at radius 2 is 0.648 bits per heavy atom. The first-order chi connectivity index (χ1) is 35.2. The van der Waals surface area contributed by atoms with Crippen LogP contribution in [-0.4, -0.2) is 0 Å². The molecule has 0 aromatic heterocycles. The third-order valence-corrected chi connectivity index (χ3v) is 16.1. The van der Waals surface area contributed by atoms with E-state index in [0.717, 1.165) is 17.1 Å². The minimum atomic E-state index is -0.486. The predicted octanol–water partition coefficient (Wildman–Crippen LogP) is 17.8. The third-order valence-electron chi connectivity index (χ3n) is 16.1. The zero-order valence-corrected chi connectivity index (χ0v) is 38.9. The Kier molecular flexibility index (Phi) is 8.56. The molecule has 0 bridgehead atoms. The largest absolute Gasteiger partial charge is 0.310 e. The molecule has 330 valence electrons. The highest BCUT2D eigenvalue weighted by atomic mass is 15.1. The Labute approximate surface area is 414 Å². The zero-order valence-electron chi connectivity index (χ0n) is 38.9. The zero-order chi connectivity index (χ0) is 46.7. The van der Waals surface area contributed by atoms with Crippen LogP contribution in [0.5, 0.6) is 0 Å². The smallest absolute Gasteiger partial charge is 0.0726 e. The summed E-state index contributed by atoms with van der Waals surface area (Å²) in [4.78, 5) is 2.50. The van der Waals surface area contributed by atoms with E-state index >= 15 is 0 Å². The van der Waals surface area contributed by atoms with E-state index in [2.05, 4.69) is 278 Å². The van der Waals surface area contributed by atoms with Gasteiger partial charge >= 0.3 is 0 Å². The summed E-state index contributed by atoms with van der Waals surface area (Å²) in [5.41, 5.74) is 22.9. The van der Waals surface area contributed by atoms with E-state index in [9.17, 15) is 0 Å². The first kappa shape index (κ1) is 39.9. The van der Waals surface area contributed by atoms with Gasteiger partial charge < -0.3 is 4.90 Å². The summed E-state index contributed by atoms with van der Waals surface area (Å²) in [6.45, 7) is 0. The fraction of sp³-hybridized carbons (Fsp3) is 0.0286. The van der Waals surface area contributed by atoms with Crippen LogP contribution in [0.4, 0.5) is 17.1 Å². The molecular weight excluding hydrogens is 855 g/mol. The van der Waals surface area contributed by atoms with E-state index in [1.54, 1.807) is 0 Å². The van der Waals surface area contributed by atoms with Crippen molar-refractivity contribution < 1.29 is 0 Å². The molecule has 0 aliphatic heterocycles. The van der Waals surface area contributed by atoms with Crippen molar-refractivity contribution in [2.75, 3.05) is 4.90 Å². The highest BCUT2D eigenvalue weighted by Gasteiger charge is 2.52. The number of nitrogens with zero attached hydrogens (tertiary/aromatic N) is 1. The quantitative estimate of drug-likeness (QED) is 0.150. The van der Waals surface area contributed by atoms with Crippen LogP contribution >= 0.6 is 0 Å². The molecule has 12 aromatic carbocycles. The van der Waals surface area contributed by atoms with Crippen molar-refractivity contribution in [2.24, 2.45) is 0 Å². The van der Waals surface area contributed by atoms with Crippen molar-refractivity contribution in [1.82, 2.24) is 0 Å². The number of anilines is 3. The van der Waals surface area contributed by atoms with Crippen LogP contribution in [0.15, 0.2) is 273 Å². The lowest BCUT2D eigenvalue weighted by Crippen LogP contribution is -2.28. The number of benzene rings is 12. The molecule has 1 heteroatoms. The predicted molar refractivity (Wildman–Crippen MR) is 295 cm³/mol. The molecule has 15 rings (SSSR count). The second kappa shape index (κ2) is 15.2. The summed E-state index contributed by atoms with van der Waals surface area (Å²) in [7, 11) is 0. The Morgan fingerprint density at radius 3 is 1.27 bits per heavy atom. The maximum atomic E-state index is 2.51. The van der Waals surface area contributed by atoms with Gasteiger partial charge in [0.2, 0.25) is 0 Å². The minimum Gasteiger partial charge on any atom is -0.310 e. The number of rotatable bonds is 6. The van der Waals surface area contributed by atoms with Gasteiger partial charge in [-0.15, -0.1) is 0 Å². The van der Waals surface area contributed by atoms with Crippen molar-refractivity contribution >= 4 is 38.6 Å². The van der Waals surface area contributed by atoms with Crippen LogP contribution in [-0.2, 0) is 10.8 Å².